The minimum atomic E-state index is -1.30. The largest absolute Gasteiger partial charge is 0.459 e. The summed E-state index contributed by atoms with van der Waals surface area (Å²) in [5.74, 6) is -0.440. The van der Waals surface area contributed by atoms with Crippen molar-refractivity contribution in [2.75, 3.05) is 0 Å². The van der Waals surface area contributed by atoms with Crippen molar-refractivity contribution in [1.29, 1.82) is 0 Å². The molecule has 2 atom stereocenters. The summed E-state index contributed by atoms with van der Waals surface area (Å²) in [6.07, 6.45) is 2.41. The van der Waals surface area contributed by atoms with Crippen LogP contribution in [-0.2, 0) is 21.6 Å². The molecular weight excluding hydrogens is 268 g/mol. The maximum atomic E-state index is 11.2. The molecule has 0 aliphatic heterocycles. The summed E-state index contributed by atoms with van der Waals surface area (Å²) in [6.45, 7) is 6.88. The Labute approximate surface area is 124 Å². The van der Waals surface area contributed by atoms with Crippen LogP contribution >= 0.6 is 0 Å². The molecule has 0 fully saturated rings. The Bertz CT molecular complexity index is 622. The van der Waals surface area contributed by atoms with Crippen molar-refractivity contribution in [3.8, 4) is 0 Å². The van der Waals surface area contributed by atoms with Crippen LogP contribution in [0.4, 0.5) is 0 Å². The predicted molar refractivity (Wildman–Crippen MR) is 80.0 cm³/mol. The summed E-state index contributed by atoms with van der Waals surface area (Å²) >= 11 is 0. The van der Waals surface area contributed by atoms with E-state index in [0.29, 0.717) is 17.5 Å². The maximum Gasteiger partial charge on any atom is 0.303 e. The van der Waals surface area contributed by atoms with Gasteiger partial charge in [0.2, 0.25) is 0 Å². The third-order valence-corrected chi connectivity index (χ3v) is 3.78. The molecule has 1 N–H and O–H groups in total. The first-order valence-corrected chi connectivity index (χ1v) is 6.93. The highest BCUT2D eigenvalue weighted by molar-refractivity contribution is 5.81. The zero-order valence-electron chi connectivity index (χ0n) is 12.8. The number of rotatable bonds is 3. The Morgan fingerprint density at radius 3 is 2.48 bits per heavy atom. The average molecular weight is 288 g/mol. The van der Waals surface area contributed by atoms with Crippen LogP contribution in [0.25, 0.3) is 6.08 Å². The first-order valence-electron chi connectivity index (χ1n) is 6.93. The van der Waals surface area contributed by atoms with Gasteiger partial charge in [-0.25, -0.2) is 0 Å². The molecule has 0 radical (unpaired) electrons. The number of ether oxygens (including phenoxy) is 1. The third kappa shape index (κ3) is 2.76. The Morgan fingerprint density at radius 2 is 1.95 bits per heavy atom. The summed E-state index contributed by atoms with van der Waals surface area (Å²) < 4.78 is 5.24. The SMILES string of the molecule is CC(=O)O[C@H]1Cc2c(C=O)ccc(C=C(C)C)c2[C@]1(C)O. The van der Waals surface area contributed by atoms with Crippen LogP contribution in [-0.4, -0.2) is 23.5 Å². The summed E-state index contributed by atoms with van der Waals surface area (Å²) in [5, 5.41) is 10.8. The molecule has 2 rings (SSSR count). The lowest BCUT2D eigenvalue weighted by atomic mass is 9.90. The van der Waals surface area contributed by atoms with Crippen LogP contribution in [0.15, 0.2) is 17.7 Å². The van der Waals surface area contributed by atoms with Gasteiger partial charge in [-0.1, -0.05) is 23.8 Å². The number of benzene rings is 1. The first-order chi connectivity index (χ1) is 9.77. The highest BCUT2D eigenvalue weighted by atomic mass is 16.6. The molecule has 0 aromatic heterocycles. The molecule has 0 amide bonds. The monoisotopic (exact) mass is 288 g/mol. The molecule has 4 nitrogen and oxygen atoms in total. The van der Waals surface area contributed by atoms with Crippen LogP contribution in [0, 0.1) is 0 Å². The second-order valence-electron chi connectivity index (χ2n) is 5.89. The number of hydrogen-bond donors (Lipinski definition) is 1. The van der Waals surface area contributed by atoms with Crippen molar-refractivity contribution in [2.24, 2.45) is 0 Å². The fraction of sp³-hybridized carbons (Fsp3) is 0.412. The summed E-state index contributed by atoms with van der Waals surface area (Å²) in [5.41, 5.74) is 2.61. The van der Waals surface area contributed by atoms with E-state index in [1.165, 1.54) is 6.92 Å². The molecule has 0 heterocycles. The Kier molecular flexibility index (Phi) is 4.01. The summed E-state index contributed by atoms with van der Waals surface area (Å²) in [6, 6.07) is 3.56. The zero-order chi connectivity index (χ0) is 15.8. The van der Waals surface area contributed by atoms with E-state index in [2.05, 4.69) is 0 Å². The molecule has 4 heteroatoms. The van der Waals surface area contributed by atoms with E-state index in [1.54, 1.807) is 13.0 Å². The van der Waals surface area contributed by atoms with Gasteiger partial charge in [-0.15, -0.1) is 0 Å². The predicted octanol–water partition coefficient (Wildman–Crippen LogP) is 2.62. The average Bonchev–Trinajstić information content (AvgIpc) is 2.61. The Balaban J connectivity index is 2.63. The molecule has 1 aliphatic rings. The van der Waals surface area contributed by atoms with Gasteiger partial charge in [-0.3, -0.25) is 9.59 Å². The Morgan fingerprint density at radius 1 is 1.33 bits per heavy atom. The van der Waals surface area contributed by atoms with Crippen molar-refractivity contribution in [3.63, 3.8) is 0 Å². The van der Waals surface area contributed by atoms with E-state index >= 15 is 0 Å². The van der Waals surface area contributed by atoms with Crippen molar-refractivity contribution < 1.29 is 19.4 Å². The van der Waals surface area contributed by atoms with Gasteiger partial charge in [0.15, 0.2) is 0 Å². The van der Waals surface area contributed by atoms with E-state index < -0.39 is 17.7 Å². The van der Waals surface area contributed by atoms with Crippen molar-refractivity contribution >= 4 is 18.3 Å². The van der Waals surface area contributed by atoms with Crippen LogP contribution < -0.4 is 0 Å². The van der Waals surface area contributed by atoms with Crippen LogP contribution in [0.1, 0.15) is 54.7 Å². The number of carbonyl (C=O) groups is 2. The van der Waals surface area contributed by atoms with E-state index in [1.807, 2.05) is 26.0 Å². The number of fused-ring (bicyclic) bond motifs is 1. The van der Waals surface area contributed by atoms with Gasteiger partial charge < -0.3 is 9.84 Å². The highest BCUT2D eigenvalue weighted by Gasteiger charge is 2.46. The second-order valence-corrected chi connectivity index (χ2v) is 5.89. The van der Waals surface area contributed by atoms with Gasteiger partial charge in [0.05, 0.1) is 0 Å². The minimum absolute atomic E-state index is 0.348. The molecule has 0 saturated heterocycles. The lowest BCUT2D eigenvalue weighted by molar-refractivity contribution is -0.159. The number of carbonyl (C=O) groups excluding carboxylic acids is 2. The molecular formula is C17H20O4. The highest BCUT2D eigenvalue weighted by Crippen LogP contribution is 2.42. The second kappa shape index (κ2) is 5.45. The fourth-order valence-electron chi connectivity index (χ4n) is 2.94. The molecule has 1 aromatic rings. The normalized spacial score (nSPS) is 23.4. The quantitative estimate of drug-likeness (QED) is 0.686. The smallest absolute Gasteiger partial charge is 0.303 e. The van der Waals surface area contributed by atoms with Crippen molar-refractivity contribution in [3.05, 3.63) is 40.0 Å². The Hall–Kier alpha value is -1.94. The van der Waals surface area contributed by atoms with Gasteiger partial charge >= 0.3 is 5.97 Å². The van der Waals surface area contributed by atoms with E-state index in [9.17, 15) is 14.7 Å². The van der Waals surface area contributed by atoms with E-state index in [0.717, 1.165) is 23.0 Å². The molecule has 0 spiro atoms. The molecule has 0 bridgehead atoms. The number of aldehydes is 1. The maximum absolute atomic E-state index is 11.2. The number of allylic oxidation sites excluding steroid dienone is 1. The van der Waals surface area contributed by atoms with E-state index in [-0.39, 0.29) is 0 Å². The molecule has 0 saturated carbocycles. The van der Waals surface area contributed by atoms with Crippen molar-refractivity contribution in [2.45, 2.75) is 45.8 Å². The molecule has 0 unspecified atom stereocenters. The zero-order valence-corrected chi connectivity index (χ0v) is 12.8. The summed E-state index contributed by atoms with van der Waals surface area (Å²) in [4.78, 5) is 22.5. The molecule has 1 aliphatic carbocycles. The van der Waals surface area contributed by atoms with Crippen LogP contribution in [0.2, 0.25) is 0 Å². The number of hydrogen-bond acceptors (Lipinski definition) is 4. The lowest BCUT2D eigenvalue weighted by Gasteiger charge is -2.27. The summed E-state index contributed by atoms with van der Waals surface area (Å²) in [7, 11) is 0. The molecule has 21 heavy (non-hydrogen) atoms. The van der Waals surface area contributed by atoms with Crippen molar-refractivity contribution in [1.82, 2.24) is 0 Å². The fourth-order valence-corrected chi connectivity index (χ4v) is 2.94. The van der Waals surface area contributed by atoms with E-state index in [4.69, 9.17) is 4.74 Å². The molecule has 112 valence electrons. The van der Waals surface area contributed by atoms with Crippen LogP contribution in [0.3, 0.4) is 0 Å². The van der Waals surface area contributed by atoms with Gasteiger partial charge in [0.1, 0.15) is 18.0 Å². The first kappa shape index (κ1) is 15.4. The van der Waals surface area contributed by atoms with Gasteiger partial charge in [0.25, 0.3) is 0 Å². The topological polar surface area (TPSA) is 63.6 Å². The standard InChI is InChI=1S/C17H20O4/c1-10(2)7-12-5-6-13(9-18)14-8-15(21-11(3)19)17(4,20)16(12)14/h5-7,9,15,20H,8H2,1-4H3/t15-,17+/m0/s1. The van der Waals surface area contributed by atoms with Gasteiger partial charge in [-0.2, -0.15) is 0 Å². The van der Waals surface area contributed by atoms with Crippen LogP contribution in [0.5, 0.6) is 0 Å². The third-order valence-electron chi connectivity index (χ3n) is 3.78. The van der Waals surface area contributed by atoms with Gasteiger partial charge in [0, 0.05) is 18.9 Å². The lowest BCUT2D eigenvalue weighted by Crippen LogP contribution is -2.36. The van der Waals surface area contributed by atoms with Gasteiger partial charge in [-0.05, 0) is 37.5 Å². The molecule has 1 aromatic carbocycles. The minimum Gasteiger partial charge on any atom is -0.459 e. The number of aliphatic hydroxyl groups is 1. The number of esters is 1.